The van der Waals surface area contributed by atoms with Crippen LogP contribution in [0.1, 0.15) is 27.1 Å². The van der Waals surface area contributed by atoms with Gasteiger partial charge in [-0.25, -0.2) is 17.6 Å². The van der Waals surface area contributed by atoms with Crippen molar-refractivity contribution in [2.45, 2.75) is 12.0 Å². The Morgan fingerprint density at radius 1 is 0.878 bits per heavy atom. The molecule has 4 aromatic rings. The van der Waals surface area contributed by atoms with Crippen molar-refractivity contribution in [3.05, 3.63) is 77.6 Å². The van der Waals surface area contributed by atoms with Gasteiger partial charge in [-0.3, -0.25) is 14.0 Å². The minimum atomic E-state index is -2.28. The van der Waals surface area contributed by atoms with Crippen LogP contribution in [-0.4, -0.2) is 57.6 Å². The fourth-order valence-corrected chi connectivity index (χ4v) is 4.32. The molecule has 1 heterocycles. The minimum Gasteiger partial charge on any atom is -0.455 e. The number of fused-ring (bicyclic) bond motifs is 1. The van der Waals surface area contributed by atoms with Gasteiger partial charge in [-0.15, -0.1) is 0 Å². The second-order valence-corrected chi connectivity index (χ2v) is 9.47. The SMILES string of the molecule is CNC(=O)c1c(-c2ccc(F)cc2)oc2cc(NCCCF)c(-c3cccc(C(=O)NC(CF)(CF)CF)c3)cc12. The number of nitrogens with one attached hydrogen (secondary N) is 3. The summed E-state index contributed by atoms with van der Waals surface area (Å²) in [5.74, 6) is -1.58. The fraction of sp³-hybridized carbons (Fsp3) is 0.267. The van der Waals surface area contributed by atoms with Gasteiger partial charge in [0.25, 0.3) is 11.8 Å². The Bertz CT molecular complexity index is 1530. The number of rotatable bonds is 12. The summed E-state index contributed by atoms with van der Waals surface area (Å²) in [5, 5.41) is 8.24. The largest absolute Gasteiger partial charge is 0.455 e. The van der Waals surface area contributed by atoms with Gasteiger partial charge in [0.2, 0.25) is 0 Å². The topological polar surface area (TPSA) is 83.4 Å². The van der Waals surface area contributed by atoms with Crippen LogP contribution < -0.4 is 16.0 Å². The Balaban J connectivity index is 1.87. The van der Waals surface area contributed by atoms with E-state index in [0.717, 1.165) is 0 Å². The monoisotopic (exact) mass is 573 g/mol. The molecule has 0 atom stereocenters. The number of carbonyl (C=O) groups is 2. The molecule has 0 saturated heterocycles. The van der Waals surface area contributed by atoms with Crippen LogP contribution in [0.2, 0.25) is 0 Å². The van der Waals surface area contributed by atoms with E-state index in [1.54, 1.807) is 24.3 Å². The van der Waals surface area contributed by atoms with E-state index < -0.39 is 49.9 Å². The summed E-state index contributed by atoms with van der Waals surface area (Å²) in [5.41, 5.74) is 0.197. The van der Waals surface area contributed by atoms with Crippen molar-refractivity contribution < 1.29 is 36.0 Å². The summed E-state index contributed by atoms with van der Waals surface area (Å²) in [6.07, 6.45) is 0.209. The van der Waals surface area contributed by atoms with Crippen molar-refractivity contribution in [3.63, 3.8) is 0 Å². The lowest BCUT2D eigenvalue weighted by Crippen LogP contribution is -2.54. The summed E-state index contributed by atoms with van der Waals surface area (Å²) < 4.78 is 72.6. The molecule has 0 fully saturated rings. The van der Waals surface area contributed by atoms with E-state index >= 15 is 0 Å². The van der Waals surface area contributed by atoms with Gasteiger partial charge >= 0.3 is 0 Å². The van der Waals surface area contributed by atoms with Crippen LogP contribution in [0, 0.1) is 5.82 Å². The zero-order valence-corrected chi connectivity index (χ0v) is 22.1. The highest BCUT2D eigenvalue weighted by atomic mass is 19.2. The summed E-state index contributed by atoms with van der Waals surface area (Å²) in [4.78, 5) is 25.8. The molecule has 0 unspecified atom stereocenters. The standard InChI is InChI=1S/C30H28F5N3O3/c1-36-29(40)26-23-13-22(19-4-2-5-20(12-19)28(39)38-30(15-32,16-33)17-34)24(37-11-3-10-31)14-25(23)41-27(26)18-6-8-21(35)9-7-18/h2,4-9,12-14,37H,3,10-11,15-17H2,1H3,(H,36,40)(H,38,39). The molecule has 1 aromatic heterocycles. The first-order valence-corrected chi connectivity index (χ1v) is 12.8. The van der Waals surface area contributed by atoms with Gasteiger partial charge < -0.3 is 20.4 Å². The van der Waals surface area contributed by atoms with E-state index in [2.05, 4.69) is 16.0 Å². The summed E-state index contributed by atoms with van der Waals surface area (Å²) in [6, 6.07) is 14.8. The Morgan fingerprint density at radius 2 is 1.59 bits per heavy atom. The van der Waals surface area contributed by atoms with Gasteiger partial charge in [0.15, 0.2) is 0 Å². The van der Waals surface area contributed by atoms with Crippen LogP contribution in [0.25, 0.3) is 33.4 Å². The van der Waals surface area contributed by atoms with Gasteiger partial charge in [-0.05, 0) is 54.4 Å². The molecule has 3 aromatic carbocycles. The maximum Gasteiger partial charge on any atom is 0.255 e. The van der Waals surface area contributed by atoms with Gasteiger partial charge in [0.1, 0.15) is 42.7 Å². The third kappa shape index (κ3) is 6.18. The third-order valence-corrected chi connectivity index (χ3v) is 6.60. The Kier molecular flexibility index (Phi) is 9.26. The molecule has 11 heteroatoms. The highest BCUT2D eigenvalue weighted by molar-refractivity contribution is 6.13. The Morgan fingerprint density at radius 3 is 2.22 bits per heavy atom. The molecule has 216 valence electrons. The number of amides is 2. The maximum atomic E-state index is 13.6. The molecule has 2 amide bonds. The number of halogens is 5. The van der Waals surface area contributed by atoms with Crippen molar-refractivity contribution in [2.24, 2.45) is 0 Å². The molecule has 0 aliphatic heterocycles. The van der Waals surface area contributed by atoms with Gasteiger partial charge in [0, 0.05) is 47.4 Å². The van der Waals surface area contributed by atoms with E-state index in [1.165, 1.54) is 43.4 Å². The maximum absolute atomic E-state index is 13.6. The smallest absolute Gasteiger partial charge is 0.255 e. The number of benzene rings is 3. The van der Waals surface area contributed by atoms with Crippen LogP contribution in [0.5, 0.6) is 0 Å². The number of hydrogen-bond acceptors (Lipinski definition) is 4. The first-order chi connectivity index (χ1) is 19.8. The molecular formula is C30H28F5N3O3. The van der Waals surface area contributed by atoms with Crippen LogP contribution in [0.15, 0.2) is 65.1 Å². The van der Waals surface area contributed by atoms with E-state index in [0.29, 0.717) is 33.3 Å². The average molecular weight is 574 g/mol. The molecule has 0 bridgehead atoms. The van der Waals surface area contributed by atoms with Crippen LogP contribution in [0.3, 0.4) is 0 Å². The molecule has 0 aliphatic carbocycles. The minimum absolute atomic E-state index is 0.0164. The zero-order valence-electron chi connectivity index (χ0n) is 22.1. The van der Waals surface area contributed by atoms with Crippen LogP contribution >= 0.6 is 0 Å². The molecular weight excluding hydrogens is 545 g/mol. The van der Waals surface area contributed by atoms with Gasteiger partial charge in [0.05, 0.1) is 12.2 Å². The molecule has 0 radical (unpaired) electrons. The molecule has 0 aliphatic rings. The van der Waals surface area contributed by atoms with Crippen LogP contribution in [-0.2, 0) is 0 Å². The summed E-state index contributed by atoms with van der Waals surface area (Å²) in [6.45, 7) is -4.58. The van der Waals surface area contributed by atoms with Crippen molar-refractivity contribution in [1.82, 2.24) is 10.6 Å². The molecule has 4 rings (SSSR count). The number of carbonyl (C=O) groups excluding carboxylic acids is 2. The summed E-state index contributed by atoms with van der Waals surface area (Å²) >= 11 is 0. The predicted molar refractivity (Wildman–Crippen MR) is 148 cm³/mol. The van der Waals surface area contributed by atoms with Crippen LogP contribution in [0.4, 0.5) is 27.6 Å². The van der Waals surface area contributed by atoms with E-state index in [1.807, 2.05) is 0 Å². The molecule has 6 nitrogen and oxygen atoms in total. The van der Waals surface area contributed by atoms with Gasteiger partial charge in [-0.1, -0.05) is 12.1 Å². The van der Waals surface area contributed by atoms with Crippen molar-refractivity contribution in [3.8, 4) is 22.5 Å². The van der Waals surface area contributed by atoms with Crippen molar-refractivity contribution in [1.29, 1.82) is 0 Å². The highest BCUT2D eigenvalue weighted by Gasteiger charge is 2.33. The number of anilines is 1. The molecule has 0 spiro atoms. The number of hydrogen-bond donors (Lipinski definition) is 3. The second-order valence-electron chi connectivity index (χ2n) is 9.47. The second kappa shape index (κ2) is 12.8. The lowest BCUT2D eigenvalue weighted by molar-refractivity contribution is 0.0810. The normalized spacial score (nSPS) is 11.5. The zero-order chi connectivity index (χ0) is 29.6. The number of furan rings is 1. The lowest BCUT2D eigenvalue weighted by atomic mass is 9.96. The average Bonchev–Trinajstić information content (AvgIpc) is 3.38. The molecule has 3 N–H and O–H groups in total. The Labute approximate surface area is 232 Å². The van der Waals surface area contributed by atoms with Gasteiger partial charge in [-0.2, -0.15) is 0 Å². The third-order valence-electron chi connectivity index (χ3n) is 6.60. The predicted octanol–water partition coefficient (Wildman–Crippen LogP) is 6.41. The molecule has 41 heavy (non-hydrogen) atoms. The first-order valence-electron chi connectivity index (χ1n) is 12.8. The van der Waals surface area contributed by atoms with E-state index in [4.69, 9.17) is 4.42 Å². The van der Waals surface area contributed by atoms with E-state index in [-0.39, 0.29) is 29.9 Å². The lowest BCUT2D eigenvalue weighted by Gasteiger charge is -2.25. The Hall–Kier alpha value is -4.41. The van der Waals surface area contributed by atoms with Crippen molar-refractivity contribution in [2.75, 3.05) is 45.6 Å². The molecule has 0 saturated carbocycles. The van der Waals surface area contributed by atoms with Crippen molar-refractivity contribution >= 4 is 28.5 Å². The quantitative estimate of drug-likeness (QED) is 0.135. The highest BCUT2D eigenvalue weighted by Crippen LogP contribution is 2.40. The fourth-order valence-electron chi connectivity index (χ4n) is 4.32. The summed E-state index contributed by atoms with van der Waals surface area (Å²) in [7, 11) is 1.46. The van der Waals surface area contributed by atoms with E-state index in [9.17, 15) is 31.5 Å². The number of alkyl halides is 4. The first kappa shape index (κ1) is 29.6.